The highest BCUT2D eigenvalue weighted by atomic mass is 32.2. The van der Waals surface area contributed by atoms with Gasteiger partial charge in [0.2, 0.25) is 10.0 Å². The Balaban J connectivity index is 3.00. The van der Waals surface area contributed by atoms with Gasteiger partial charge in [0.05, 0.1) is 6.26 Å². The number of hydrogen-bond donors (Lipinski definition) is 0. The normalized spacial score (nSPS) is 31.5. The molecule has 0 saturated carbocycles. The molecule has 0 amide bonds. The average Bonchev–Trinajstić information content (AvgIpc) is 2.31. The van der Waals surface area contributed by atoms with Gasteiger partial charge in [-0.15, -0.1) is 0 Å². The van der Waals surface area contributed by atoms with Gasteiger partial charge < -0.3 is 0 Å². The number of hydrogen-bond acceptors (Lipinski definition) is 2. The number of rotatable bonds is 2. The van der Waals surface area contributed by atoms with Crippen molar-refractivity contribution < 1.29 is 8.42 Å². The number of nitrogens with zero attached hydrogens (tertiary/aromatic N) is 1. The molecule has 0 N–H and O–H groups in total. The van der Waals surface area contributed by atoms with Crippen molar-refractivity contribution in [1.29, 1.82) is 0 Å². The molecule has 0 radical (unpaired) electrons. The Labute approximate surface area is 81.2 Å². The van der Waals surface area contributed by atoms with Crippen molar-refractivity contribution in [1.82, 2.24) is 4.31 Å². The average molecular weight is 205 g/mol. The Kier molecular flexibility index (Phi) is 2.74. The summed E-state index contributed by atoms with van der Waals surface area (Å²) in [5.41, 5.74) is -0.159. The molecule has 0 aromatic carbocycles. The van der Waals surface area contributed by atoms with Gasteiger partial charge in [0.1, 0.15) is 0 Å². The van der Waals surface area contributed by atoms with Gasteiger partial charge in [0, 0.05) is 12.1 Å². The molecule has 1 heterocycles. The zero-order chi connectivity index (χ0) is 10.3. The number of sulfonamides is 1. The summed E-state index contributed by atoms with van der Waals surface area (Å²) in [6.45, 7) is 6.91. The van der Waals surface area contributed by atoms with Crippen LogP contribution in [0.25, 0.3) is 0 Å². The molecule has 4 heteroatoms. The second-order valence-electron chi connectivity index (χ2n) is 4.45. The molecule has 1 fully saturated rings. The smallest absolute Gasteiger partial charge is 0.211 e. The van der Waals surface area contributed by atoms with E-state index in [-0.39, 0.29) is 5.54 Å². The summed E-state index contributed by atoms with van der Waals surface area (Å²) in [4.78, 5) is 0. The molecule has 13 heavy (non-hydrogen) atoms. The quantitative estimate of drug-likeness (QED) is 0.684. The Morgan fingerprint density at radius 1 is 1.38 bits per heavy atom. The Morgan fingerprint density at radius 2 is 1.92 bits per heavy atom. The fourth-order valence-corrected chi connectivity index (χ4v) is 3.60. The van der Waals surface area contributed by atoms with E-state index in [0.717, 1.165) is 12.8 Å². The van der Waals surface area contributed by atoms with Crippen LogP contribution in [0.1, 0.15) is 33.6 Å². The standard InChI is InChI=1S/C9H19NO2S/c1-8(2)9(3)6-5-7-10(9)13(4,11)12/h8H,5-7H2,1-4H3. The first kappa shape index (κ1) is 11.0. The highest BCUT2D eigenvalue weighted by molar-refractivity contribution is 7.88. The third-order valence-electron chi connectivity index (χ3n) is 3.26. The van der Waals surface area contributed by atoms with Gasteiger partial charge >= 0.3 is 0 Å². The topological polar surface area (TPSA) is 37.4 Å². The predicted molar refractivity (Wildman–Crippen MR) is 54.0 cm³/mol. The molecule has 0 aromatic heterocycles. The maximum absolute atomic E-state index is 11.5. The van der Waals surface area contributed by atoms with Gasteiger partial charge in [-0.05, 0) is 25.7 Å². The van der Waals surface area contributed by atoms with Crippen LogP contribution in [0.15, 0.2) is 0 Å². The maximum atomic E-state index is 11.5. The summed E-state index contributed by atoms with van der Waals surface area (Å²) in [5.74, 6) is 0.379. The van der Waals surface area contributed by atoms with Crippen LogP contribution in [0.4, 0.5) is 0 Å². The zero-order valence-corrected chi connectivity index (χ0v) is 9.69. The first-order valence-corrected chi connectivity index (χ1v) is 6.61. The first-order chi connectivity index (χ1) is 5.78. The lowest BCUT2D eigenvalue weighted by molar-refractivity contribution is 0.193. The van der Waals surface area contributed by atoms with E-state index in [4.69, 9.17) is 0 Å². The lowest BCUT2D eigenvalue weighted by Gasteiger charge is -2.37. The van der Waals surface area contributed by atoms with Crippen LogP contribution in [-0.4, -0.2) is 31.1 Å². The largest absolute Gasteiger partial charge is 0.212 e. The van der Waals surface area contributed by atoms with E-state index in [1.54, 1.807) is 4.31 Å². The summed E-state index contributed by atoms with van der Waals surface area (Å²) in [6, 6.07) is 0. The molecule has 0 aromatic rings. The SMILES string of the molecule is CC(C)C1(C)CCCN1S(C)(=O)=O. The fraction of sp³-hybridized carbons (Fsp3) is 1.00. The molecule has 1 unspecified atom stereocenters. The van der Waals surface area contributed by atoms with Crippen molar-refractivity contribution >= 4 is 10.0 Å². The molecule has 1 aliphatic heterocycles. The van der Waals surface area contributed by atoms with Crippen LogP contribution in [0.2, 0.25) is 0 Å². The summed E-state index contributed by atoms with van der Waals surface area (Å²) < 4.78 is 24.6. The van der Waals surface area contributed by atoms with Gasteiger partial charge in [-0.25, -0.2) is 8.42 Å². The van der Waals surface area contributed by atoms with Crippen molar-refractivity contribution in [2.45, 2.75) is 39.2 Å². The van der Waals surface area contributed by atoms with Crippen molar-refractivity contribution in [3.8, 4) is 0 Å². The second-order valence-corrected chi connectivity index (χ2v) is 6.36. The molecule has 1 saturated heterocycles. The van der Waals surface area contributed by atoms with Crippen molar-refractivity contribution in [2.75, 3.05) is 12.8 Å². The van der Waals surface area contributed by atoms with Crippen LogP contribution in [-0.2, 0) is 10.0 Å². The van der Waals surface area contributed by atoms with Gasteiger partial charge in [-0.2, -0.15) is 4.31 Å². The summed E-state index contributed by atoms with van der Waals surface area (Å²) >= 11 is 0. The lowest BCUT2D eigenvalue weighted by atomic mass is 9.87. The molecular formula is C9H19NO2S. The van der Waals surface area contributed by atoms with Crippen LogP contribution in [0.3, 0.4) is 0 Å². The molecule has 1 rings (SSSR count). The minimum absolute atomic E-state index is 0.159. The molecular weight excluding hydrogens is 186 g/mol. The van der Waals surface area contributed by atoms with Gasteiger partial charge in [0.15, 0.2) is 0 Å². The minimum Gasteiger partial charge on any atom is -0.212 e. The second kappa shape index (κ2) is 3.24. The van der Waals surface area contributed by atoms with E-state index in [0.29, 0.717) is 12.5 Å². The van der Waals surface area contributed by atoms with Gasteiger partial charge in [-0.3, -0.25) is 0 Å². The molecule has 0 aliphatic carbocycles. The van der Waals surface area contributed by atoms with E-state index in [9.17, 15) is 8.42 Å². The molecule has 0 bridgehead atoms. The van der Waals surface area contributed by atoms with Crippen molar-refractivity contribution in [2.24, 2.45) is 5.92 Å². The third kappa shape index (κ3) is 1.89. The van der Waals surface area contributed by atoms with E-state index in [2.05, 4.69) is 13.8 Å². The van der Waals surface area contributed by atoms with Gasteiger partial charge in [0.25, 0.3) is 0 Å². The molecule has 1 atom stereocenters. The van der Waals surface area contributed by atoms with Crippen LogP contribution >= 0.6 is 0 Å². The Hall–Kier alpha value is -0.0900. The van der Waals surface area contributed by atoms with Crippen LogP contribution < -0.4 is 0 Å². The molecule has 78 valence electrons. The zero-order valence-electron chi connectivity index (χ0n) is 8.87. The minimum atomic E-state index is -3.02. The van der Waals surface area contributed by atoms with E-state index in [1.807, 2.05) is 6.92 Å². The fourth-order valence-electron chi connectivity index (χ4n) is 2.08. The summed E-state index contributed by atoms with van der Waals surface area (Å²) in [7, 11) is -3.02. The highest BCUT2D eigenvalue weighted by Gasteiger charge is 2.43. The monoisotopic (exact) mass is 205 g/mol. The predicted octanol–water partition coefficient (Wildman–Crippen LogP) is 1.46. The third-order valence-corrected chi connectivity index (χ3v) is 4.66. The summed E-state index contributed by atoms with van der Waals surface area (Å²) in [5, 5.41) is 0. The van der Waals surface area contributed by atoms with E-state index in [1.165, 1.54) is 6.26 Å². The Morgan fingerprint density at radius 3 is 2.23 bits per heavy atom. The molecule has 3 nitrogen and oxygen atoms in total. The van der Waals surface area contributed by atoms with Crippen molar-refractivity contribution in [3.63, 3.8) is 0 Å². The lowest BCUT2D eigenvalue weighted by Crippen LogP contribution is -2.48. The van der Waals surface area contributed by atoms with Crippen LogP contribution in [0, 0.1) is 5.92 Å². The van der Waals surface area contributed by atoms with Gasteiger partial charge in [-0.1, -0.05) is 13.8 Å². The molecule has 0 spiro atoms. The van der Waals surface area contributed by atoms with Crippen LogP contribution in [0.5, 0.6) is 0 Å². The summed E-state index contributed by atoms with van der Waals surface area (Å²) in [6.07, 6.45) is 3.28. The Bertz CT molecular complexity index is 284. The molecule has 1 aliphatic rings. The first-order valence-electron chi connectivity index (χ1n) is 4.76. The van der Waals surface area contributed by atoms with E-state index >= 15 is 0 Å². The maximum Gasteiger partial charge on any atom is 0.211 e. The van der Waals surface area contributed by atoms with E-state index < -0.39 is 10.0 Å². The van der Waals surface area contributed by atoms with Crippen molar-refractivity contribution in [3.05, 3.63) is 0 Å². The highest BCUT2D eigenvalue weighted by Crippen LogP contribution is 2.36.